The van der Waals surface area contributed by atoms with Crippen molar-refractivity contribution < 1.29 is 4.79 Å². The number of carbonyl (C=O) groups excluding carboxylic acids is 1. The average Bonchev–Trinajstić information content (AvgIpc) is 2.54. The molecule has 0 saturated carbocycles. The van der Waals surface area contributed by atoms with Gasteiger partial charge in [0.1, 0.15) is 0 Å². The SMILES string of the molecule is Cc1cc(C)cc(NC(=O)N2CCN(CC3CCCN(C)C3)CC2)c1. The Labute approximate surface area is 152 Å². The molecule has 0 spiro atoms. The van der Waals surface area contributed by atoms with E-state index >= 15 is 0 Å². The zero-order chi connectivity index (χ0) is 17.8. The van der Waals surface area contributed by atoms with Crippen LogP contribution in [0, 0.1) is 19.8 Å². The molecule has 1 N–H and O–H groups in total. The summed E-state index contributed by atoms with van der Waals surface area (Å²) in [7, 11) is 2.22. The number of carbonyl (C=O) groups is 1. The summed E-state index contributed by atoms with van der Waals surface area (Å²) in [6.45, 7) is 11.4. The molecule has 2 saturated heterocycles. The lowest BCUT2D eigenvalue weighted by Gasteiger charge is -2.38. The van der Waals surface area contributed by atoms with Crippen molar-refractivity contribution in [1.29, 1.82) is 0 Å². The molecule has 2 fully saturated rings. The highest BCUT2D eigenvalue weighted by atomic mass is 16.2. The fraction of sp³-hybridized carbons (Fsp3) is 0.650. The zero-order valence-electron chi connectivity index (χ0n) is 15.9. The first-order chi connectivity index (χ1) is 12.0. The third-order valence-corrected chi connectivity index (χ3v) is 5.37. The molecule has 1 aromatic rings. The summed E-state index contributed by atoms with van der Waals surface area (Å²) in [5, 5.41) is 3.06. The summed E-state index contributed by atoms with van der Waals surface area (Å²) in [5.74, 6) is 0.786. The van der Waals surface area contributed by atoms with E-state index in [-0.39, 0.29) is 6.03 Å². The smallest absolute Gasteiger partial charge is 0.321 e. The van der Waals surface area contributed by atoms with Crippen molar-refractivity contribution in [2.24, 2.45) is 5.92 Å². The van der Waals surface area contributed by atoms with E-state index in [0.29, 0.717) is 0 Å². The molecule has 1 unspecified atom stereocenters. The molecule has 138 valence electrons. The summed E-state index contributed by atoms with van der Waals surface area (Å²) in [6, 6.07) is 6.21. The van der Waals surface area contributed by atoms with Crippen LogP contribution in [0.1, 0.15) is 24.0 Å². The molecule has 0 aromatic heterocycles. The minimum Gasteiger partial charge on any atom is -0.322 e. The number of rotatable bonds is 3. The van der Waals surface area contributed by atoms with E-state index in [4.69, 9.17) is 0 Å². The van der Waals surface area contributed by atoms with E-state index in [1.807, 2.05) is 17.0 Å². The summed E-state index contributed by atoms with van der Waals surface area (Å²) in [4.78, 5) is 19.4. The molecule has 1 atom stereocenters. The predicted octanol–water partition coefficient (Wildman–Crippen LogP) is 2.79. The highest BCUT2D eigenvalue weighted by Crippen LogP contribution is 2.18. The lowest BCUT2D eigenvalue weighted by molar-refractivity contribution is 0.109. The molecule has 5 nitrogen and oxygen atoms in total. The molecule has 2 aliphatic heterocycles. The van der Waals surface area contributed by atoms with Gasteiger partial charge in [-0.25, -0.2) is 4.79 Å². The van der Waals surface area contributed by atoms with Crippen LogP contribution in [0.4, 0.5) is 10.5 Å². The second kappa shape index (κ2) is 8.19. The molecule has 0 bridgehead atoms. The number of piperazine rings is 1. The van der Waals surface area contributed by atoms with Crippen molar-refractivity contribution in [1.82, 2.24) is 14.7 Å². The number of hydrogen-bond acceptors (Lipinski definition) is 3. The highest BCUT2D eigenvalue weighted by molar-refractivity contribution is 5.89. The van der Waals surface area contributed by atoms with E-state index in [1.54, 1.807) is 0 Å². The molecule has 3 rings (SSSR count). The topological polar surface area (TPSA) is 38.8 Å². The maximum atomic E-state index is 12.5. The van der Waals surface area contributed by atoms with Gasteiger partial charge in [0, 0.05) is 45.0 Å². The minimum atomic E-state index is 0.0297. The zero-order valence-corrected chi connectivity index (χ0v) is 15.9. The van der Waals surface area contributed by atoms with Crippen LogP contribution in [-0.4, -0.2) is 73.6 Å². The van der Waals surface area contributed by atoms with Gasteiger partial charge in [-0.05, 0) is 69.5 Å². The van der Waals surface area contributed by atoms with Gasteiger partial charge in [-0.2, -0.15) is 0 Å². The molecule has 0 aliphatic carbocycles. The van der Waals surface area contributed by atoms with Crippen LogP contribution in [0.5, 0.6) is 0 Å². The molecule has 1 aromatic carbocycles. The van der Waals surface area contributed by atoms with Crippen molar-refractivity contribution in [3.63, 3.8) is 0 Å². The van der Waals surface area contributed by atoms with Gasteiger partial charge in [0.25, 0.3) is 0 Å². The van der Waals surface area contributed by atoms with Gasteiger partial charge in [-0.15, -0.1) is 0 Å². The third-order valence-electron chi connectivity index (χ3n) is 5.37. The fourth-order valence-corrected chi connectivity index (χ4v) is 4.17. The van der Waals surface area contributed by atoms with Crippen LogP contribution in [0.2, 0.25) is 0 Å². The molecule has 0 radical (unpaired) electrons. The number of nitrogens with one attached hydrogen (secondary N) is 1. The second-order valence-corrected chi connectivity index (χ2v) is 7.86. The first-order valence-electron chi connectivity index (χ1n) is 9.55. The number of nitrogens with zero attached hydrogens (tertiary/aromatic N) is 3. The molecular weight excluding hydrogens is 312 g/mol. The quantitative estimate of drug-likeness (QED) is 0.916. The summed E-state index contributed by atoms with van der Waals surface area (Å²) < 4.78 is 0. The first kappa shape index (κ1) is 18.2. The van der Waals surface area contributed by atoms with E-state index in [9.17, 15) is 4.79 Å². The van der Waals surface area contributed by atoms with Gasteiger partial charge in [-0.1, -0.05) is 6.07 Å². The van der Waals surface area contributed by atoms with E-state index < -0.39 is 0 Å². The van der Waals surface area contributed by atoms with Gasteiger partial charge in [0.2, 0.25) is 0 Å². The van der Waals surface area contributed by atoms with Crippen LogP contribution >= 0.6 is 0 Å². The minimum absolute atomic E-state index is 0.0297. The van der Waals surface area contributed by atoms with Crippen molar-refractivity contribution >= 4 is 11.7 Å². The van der Waals surface area contributed by atoms with Crippen LogP contribution in [0.25, 0.3) is 0 Å². The second-order valence-electron chi connectivity index (χ2n) is 7.86. The van der Waals surface area contributed by atoms with Crippen LogP contribution in [0.3, 0.4) is 0 Å². The number of hydrogen-bond donors (Lipinski definition) is 1. The number of amides is 2. The van der Waals surface area contributed by atoms with Gasteiger partial charge >= 0.3 is 6.03 Å². The highest BCUT2D eigenvalue weighted by Gasteiger charge is 2.25. The third kappa shape index (κ3) is 5.19. The van der Waals surface area contributed by atoms with Gasteiger partial charge < -0.3 is 15.1 Å². The molecule has 25 heavy (non-hydrogen) atoms. The molecule has 5 heteroatoms. The monoisotopic (exact) mass is 344 g/mol. The summed E-state index contributed by atoms with van der Waals surface area (Å²) in [6.07, 6.45) is 2.66. The van der Waals surface area contributed by atoms with Crippen molar-refractivity contribution in [3.8, 4) is 0 Å². The summed E-state index contributed by atoms with van der Waals surface area (Å²) >= 11 is 0. The van der Waals surface area contributed by atoms with Crippen molar-refractivity contribution in [2.45, 2.75) is 26.7 Å². The first-order valence-corrected chi connectivity index (χ1v) is 9.55. The maximum Gasteiger partial charge on any atom is 0.321 e. The van der Waals surface area contributed by atoms with E-state index in [1.165, 1.54) is 43.6 Å². The normalized spacial score (nSPS) is 22.8. The van der Waals surface area contributed by atoms with E-state index in [2.05, 4.69) is 42.1 Å². The Morgan fingerprint density at radius 1 is 1.08 bits per heavy atom. The lowest BCUT2D eigenvalue weighted by atomic mass is 9.97. The molecule has 2 heterocycles. The Hall–Kier alpha value is -1.59. The lowest BCUT2D eigenvalue weighted by Crippen LogP contribution is -2.51. The molecule has 2 amide bonds. The average molecular weight is 345 g/mol. The standard InChI is InChI=1S/C20H32N4O/c1-16-11-17(2)13-19(12-16)21-20(25)24-9-7-23(8-10-24)15-18-5-4-6-22(3)14-18/h11-13,18H,4-10,14-15H2,1-3H3,(H,21,25). The number of benzene rings is 1. The number of piperidine rings is 1. The maximum absolute atomic E-state index is 12.5. The Bertz CT molecular complexity index is 575. The van der Waals surface area contributed by atoms with Gasteiger partial charge in [0.05, 0.1) is 0 Å². The molecular formula is C20H32N4O. The fourth-order valence-electron chi connectivity index (χ4n) is 4.17. The van der Waals surface area contributed by atoms with Crippen LogP contribution in [-0.2, 0) is 0 Å². The Balaban J connectivity index is 1.45. The van der Waals surface area contributed by atoms with Gasteiger partial charge in [0.15, 0.2) is 0 Å². The van der Waals surface area contributed by atoms with Gasteiger partial charge in [-0.3, -0.25) is 4.90 Å². The number of aryl methyl sites for hydroxylation is 2. The largest absolute Gasteiger partial charge is 0.322 e. The molecule has 2 aliphatic rings. The predicted molar refractivity (Wildman–Crippen MR) is 103 cm³/mol. The van der Waals surface area contributed by atoms with Crippen molar-refractivity contribution in [3.05, 3.63) is 29.3 Å². The summed E-state index contributed by atoms with van der Waals surface area (Å²) in [5.41, 5.74) is 3.25. The van der Waals surface area contributed by atoms with E-state index in [0.717, 1.165) is 37.8 Å². The Morgan fingerprint density at radius 2 is 1.76 bits per heavy atom. The number of anilines is 1. The van der Waals surface area contributed by atoms with Crippen molar-refractivity contribution in [2.75, 3.05) is 58.2 Å². The number of likely N-dealkylation sites (tertiary alicyclic amines) is 1. The van der Waals surface area contributed by atoms with Crippen LogP contribution in [0.15, 0.2) is 18.2 Å². The number of urea groups is 1. The Morgan fingerprint density at radius 3 is 2.40 bits per heavy atom. The Kier molecular flexibility index (Phi) is 5.97. The van der Waals surface area contributed by atoms with Crippen LogP contribution < -0.4 is 5.32 Å².